The van der Waals surface area contributed by atoms with Crippen molar-refractivity contribution in [1.29, 1.82) is 0 Å². The van der Waals surface area contributed by atoms with Crippen LogP contribution in [0.15, 0.2) is 72.8 Å². The summed E-state index contributed by atoms with van der Waals surface area (Å²) in [4.78, 5) is 40.7. The fourth-order valence-electron chi connectivity index (χ4n) is 6.62. The summed E-state index contributed by atoms with van der Waals surface area (Å²) in [5.41, 5.74) is 4.54. The Morgan fingerprint density at radius 3 is 1.68 bits per heavy atom. The van der Waals surface area contributed by atoms with Crippen molar-refractivity contribution in [3.05, 3.63) is 101 Å². The normalized spacial score (nSPS) is 28.1. The number of halogens is 2. The molecular formula is C30H26Cl2N2O3. The van der Waals surface area contributed by atoms with Gasteiger partial charge in [-0.2, -0.15) is 0 Å². The standard InChI is InChI=1S/C30H26Cl2N2O3/c1-16(2)25(26(35)33-18-10-8-9-17(3)15-18)34-27(36)23-24(28(34)37)30(32)20-12-5-4-11-19(20)29(23,31)21-13-6-7-14-22(21)30/h4-16,23-25H,1-3H3,(H,33,35)/t23-,24+,25-,29?,30?/m0/s1. The number of nitrogens with one attached hydrogen (secondary N) is 1. The molecule has 0 aromatic heterocycles. The molecule has 0 saturated carbocycles. The molecular weight excluding hydrogens is 507 g/mol. The number of anilines is 1. The third-order valence-corrected chi connectivity index (χ3v) is 9.37. The van der Waals surface area contributed by atoms with Crippen LogP contribution in [0.2, 0.25) is 0 Å². The summed E-state index contributed by atoms with van der Waals surface area (Å²) in [5.74, 6) is -3.54. The topological polar surface area (TPSA) is 66.5 Å². The van der Waals surface area contributed by atoms with Gasteiger partial charge in [0.2, 0.25) is 17.7 Å². The van der Waals surface area contributed by atoms with E-state index >= 15 is 0 Å². The summed E-state index contributed by atoms with van der Waals surface area (Å²) in [5, 5.41) is 2.90. The molecule has 5 nitrogen and oxygen atoms in total. The first-order chi connectivity index (χ1) is 17.6. The maximum absolute atomic E-state index is 14.2. The summed E-state index contributed by atoms with van der Waals surface area (Å²) in [6.45, 7) is 5.58. The average Bonchev–Trinajstić information content (AvgIpc) is 3.14. The van der Waals surface area contributed by atoms with Gasteiger partial charge in [-0.25, -0.2) is 0 Å². The van der Waals surface area contributed by atoms with Gasteiger partial charge in [0.15, 0.2) is 0 Å². The minimum atomic E-state index is -1.27. The molecule has 37 heavy (non-hydrogen) atoms. The average molecular weight is 533 g/mol. The number of rotatable bonds is 4. The number of likely N-dealkylation sites (tertiary alicyclic amines) is 1. The fraction of sp³-hybridized carbons (Fsp3) is 0.300. The first-order valence-electron chi connectivity index (χ1n) is 12.4. The van der Waals surface area contributed by atoms with Crippen molar-refractivity contribution in [1.82, 2.24) is 4.90 Å². The Labute approximate surface area is 225 Å². The summed E-state index contributed by atoms with van der Waals surface area (Å²) in [7, 11) is 0. The van der Waals surface area contributed by atoms with Gasteiger partial charge in [0.05, 0.1) is 11.8 Å². The van der Waals surface area contributed by atoms with E-state index in [0.717, 1.165) is 32.7 Å². The minimum absolute atomic E-state index is 0.335. The number of amides is 3. The summed E-state index contributed by atoms with van der Waals surface area (Å²) in [6.07, 6.45) is 0. The van der Waals surface area contributed by atoms with E-state index in [0.29, 0.717) is 5.69 Å². The lowest BCUT2D eigenvalue weighted by Crippen LogP contribution is -2.57. The molecule has 2 bridgehead atoms. The van der Waals surface area contributed by atoms with E-state index in [9.17, 15) is 14.4 Å². The van der Waals surface area contributed by atoms with Crippen LogP contribution >= 0.6 is 23.2 Å². The van der Waals surface area contributed by atoms with Crippen LogP contribution in [0.3, 0.4) is 0 Å². The molecule has 3 amide bonds. The number of alkyl halides is 2. The van der Waals surface area contributed by atoms with Crippen molar-refractivity contribution in [2.75, 3.05) is 5.32 Å². The van der Waals surface area contributed by atoms with Crippen molar-refractivity contribution in [2.45, 2.75) is 36.6 Å². The monoisotopic (exact) mass is 532 g/mol. The van der Waals surface area contributed by atoms with Gasteiger partial charge in [0.25, 0.3) is 0 Å². The van der Waals surface area contributed by atoms with E-state index < -0.39 is 45.3 Å². The second-order valence-corrected chi connectivity index (χ2v) is 11.8. The number of hydrogen-bond acceptors (Lipinski definition) is 3. The van der Waals surface area contributed by atoms with Crippen LogP contribution < -0.4 is 5.32 Å². The van der Waals surface area contributed by atoms with Gasteiger partial charge in [-0.15, -0.1) is 23.2 Å². The lowest BCUT2D eigenvalue weighted by molar-refractivity contribution is -0.148. The van der Waals surface area contributed by atoms with E-state index in [4.69, 9.17) is 23.2 Å². The van der Waals surface area contributed by atoms with Crippen molar-refractivity contribution < 1.29 is 14.4 Å². The second-order valence-electron chi connectivity index (χ2n) is 10.6. The number of carbonyl (C=O) groups is 3. The highest BCUT2D eigenvalue weighted by molar-refractivity contribution is 6.36. The molecule has 3 aliphatic carbocycles. The maximum atomic E-state index is 14.2. The number of imide groups is 1. The predicted molar refractivity (Wildman–Crippen MR) is 143 cm³/mol. The zero-order valence-electron chi connectivity index (χ0n) is 20.7. The second kappa shape index (κ2) is 8.17. The molecule has 1 fully saturated rings. The van der Waals surface area contributed by atoms with Crippen molar-refractivity contribution >= 4 is 46.6 Å². The molecule has 4 aliphatic rings. The third-order valence-electron chi connectivity index (χ3n) is 8.08. The number of carbonyl (C=O) groups excluding carboxylic acids is 3. The summed E-state index contributed by atoms with van der Waals surface area (Å²) in [6, 6.07) is 21.4. The molecule has 1 heterocycles. The molecule has 0 spiro atoms. The molecule has 1 saturated heterocycles. The molecule has 3 aromatic carbocycles. The SMILES string of the molecule is Cc1cccc(NC(=O)[C@H](C(C)C)N2C(=O)[C@@H]3[C@H](C2=O)C2(Cl)c4ccccc4C3(Cl)c3ccccc32)c1. The van der Waals surface area contributed by atoms with Gasteiger partial charge >= 0.3 is 0 Å². The highest BCUT2D eigenvalue weighted by atomic mass is 35.5. The maximum Gasteiger partial charge on any atom is 0.247 e. The van der Waals surface area contributed by atoms with Gasteiger partial charge in [-0.05, 0) is 52.8 Å². The van der Waals surface area contributed by atoms with Crippen LogP contribution in [0.1, 0.15) is 41.7 Å². The number of benzene rings is 3. The van der Waals surface area contributed by atoms with Gasteiger partial charge in [0.1, 0.15) is 15.8 Å². The Bertz CT molecular complexity index is 1360. The first-order valence-corrected chi connectivity index (χ1v) is 13.2. The molecule has 0 unspecified atom stereocenters. The molecule has 7 rings (SSSR count). The van der Waals surface area contributed by atoms with Gasteiger partial charge < -0.3 is 5.32 Å². The Morgan fingerprint density at radius 1 is 0.811 bits per heavy atom. The zero-order valence-corrected chi connectivity index (χ0v) is 22.2. The first kappa shape index (κ1) is 24.2. The predicted octanol–water partition coefficient (Wildman–Crippen LogP) is 5.55. The Kier molecular flexibility index (Phi) is 5.35. The number of hydrogen-bond donors (Lipinski definition) is 1. The van der Waals surface area contributed by atoms with E-state index in [-0.39, 0.29) is 5.92 Å². The highest BCUT2D eigenvalue weighted by Gasteiger charge is 2.73. The number of aryl methyl sites for hydroxylation is 1. The van der Waals surface area contributed by atoms with Crippen molar-refractivity contribution in [3.8, 4) is 0 Å². The Balaban J connectivity index is 1.49. The highest BCUT2D eigenvalue weighted by Crippen LogP contribution is 2.69. The third kappa shape index (κ3) is 3.07. The molecule has 0 radical (unpaired) electrons. The Hall–Kier alpha value is -3.15. The van der Waals surface area contributed by atoms with Crippen LogP contribution in [-0.4, -0.2) is 28.7 Å². The zero-order chi connectivity index (χ0) is 26.3. The largest absolute Gasteiger partial charge is 0.324 e. The lowest BCUT2D eigenvalue weighted by atomic mass is 9.54. The van der Waals surface area contributed by atoms with Crippen LogP contribution in [0.5, 0.6) is 0 Å². The fourth-order valence-corrected chi connectivity index (χ4v) is 7.72. The van der Waals surface area contributed by atoms with E-state index in [1.165, 1.54) is 0 Å². The van der Waals surface area contributed by atoms with Crippen LogP contribution in [0.25, 0.3) is 0 Å². The van der Waals surface area contributed by atoms with Crippen molar-refractivity contribution in [2.24, 2.45) is 17.8 Å². The quantitative estimate of drug-likeness (QED) is 0.353. The molecule has 1 N–H and O–H groups in total. The smallest absolute Gasteiger partial charge is 0.247 e. The number of nitrogens with zero attached hydrogens (tertiary/aromatic N) is 1. The van der Waals surface area contributed by atoms with Crippen LogP contribution in [0.4, 0.5) is 5.69 Å². The molecule has 7 heteroatoms. The summed E-state index contributed by atoms with van der Waals surface area (Å²) >= 11 is 15.0. The molecule has 3 atom stereocenters. The van der Waals surface area contributed by atoms with Gasteiger partial charge in [-0.1, -0.05) is 74.5 Å². The van der Waals surface area contributed by atoms with Gasteiger partial charge in [0, 0.05) is 5.69 Å². The summed E-state index contributed by atoms with van der Waals surface area (Å²) < 4.78 is 0. The minimum Gasteiger partial charge on any atom is -0.324 e. The molecule has 1 aliphatic heterocycles. The molecule has 3 aromatic rings. The Morgan fingerprint density at radius 2 is 1.27 bits per heavy atom. The van der Waals surface area contributed by atoms with E-state index in [1.807, 2.05) is 87.5 Å². The van der Waals surface area contributed by atoms with E-state index in [1.54, 1.807) is 6.07 Å². The van der Waals surface area contributed by atoms with Crippen LogP contribution in [-0.2, 0) is 24.1 Å². The van der Waals surface area contributed by atoms with Crippen LogP contribution in [0, 0.1) is 24.7 Å². The van der Waals surface area contributed by atoms with Gasteiger partial charge in [-0.3, -0.25) is 19.3 Å². The van der Waals surface area contributed by atoms with Crippen molar-refractivity contribution in [3.63, 3.8) is 0 Å². The van der Waals surface area contributed by atoms with E-state index in [2.05, 4.69) is 5.32 Å². The molecule has 188 valence electrons. The lowest BCUT2D eigenvalue weighted by Gasteiger charge is -2.54.